The molecule has 0 aromatic heterocycles. The van der Waals surface area contributed by atoms with Crippen molar-refractivity contribution in [3.63, 3.8) is 0 Å². The predicted molar refractivity (Wildman–Crippen MR) is 88.1 cm³/mol. The second-order valence-electron chi connectivity index (χ2n) is 6.02. The first-order chi connectivity index (χ1) is 12.8. The molecule has 2 rings (SSSR count). The highest BCUT2D eigenvalue weighted by Crippen LogP contribution is 2.49. The molecule has 0 aromatic rings. The molecule has 17 heteroatoms. The third kappa shape index (κ3) is 6.29. The van der Waals surface area contributed by atoms with Crippen LogP contribution in [0.5, 0.6) is 0 Å². The van der Waals surface area contributed by atoms with Gasteiger partial charge in [0, 0.05) is 7.11 Å². The molecular weight excluding hydrogens is 430 g/mol. The Balaban J connectivity index is 1.99. The highest BCUT2D eigenvalue weighted by molar-refractivity contribution is 7.47. The fourth-order valence-corrected chi connectivity index (χ4v) is 4.21. The molecule has 0 bridgehead atoms. The third-order valence-corrected chi connectivity index (χ3v) is 5.40. The molecule has 2 aliphatic rings. The molecule has 4 radical (unpaired) electrons. The number of methoxy groups -OCH3 is 1. The topological polar surface area (TPSA) is 150 Å². The molecule has 0 amide bonds. The standard InChI is InChI=1S/C11H18B2F2O11P2/c1-21-2-4-9(7(15)11(13)23-4)26-28(19,20)22-3-5-8(25-27(16,17)18)6(14)10(12)24-5/h4-11H,2-3H2,1H3,(H,19,20)(H2,16,17,18)/t4?,5?,6?,7?,8-,9-,10+,11+/m0/s1. The van der Waals surface area contributed by atoms with Crippen LogP contribution in [0.3, 0.4) is 0 Å². The van der Waals surface area contributed by atoms with Gasteiger partial charge in [0.25, 0.3) is 0 Å². The van der Waals surface area contributed by atoms with Gasteiger partial charge in [-0.25, -0.2) is 17.9 Å². The minimum Gasteiger partial charge on any atom is -0.382 e. The monoisotopic (exact) mass is 448 g/mol. The number of alkyl halides is 2. The largest absolute Gasteiger partial charge is 0.472 e. The van der Waals surface area contributed by atoms with E-state index < -0.39 is 71.0 Å². The van der Waals surface area contributed by atoms with E-state index in [1.54, 1.807) is 0 Å². The lowest BCUT2D eigenvalue weighted by Gasteiger charge is -2.24. The van der Waals surface area contributed by atoms with Crippen LogP contribution in [0.1, 0.15) is 0 Å². The Morgan fingerprint density at radius 2 is 1.39 bits per heavy atom. The third-order valence-electron chi connectivity index (χ3n) is 3.90. The fraction of sp³-hybridized carbons (Fsp3) is 1.00. The molecule has 2 aliphatic heterocycles. The predicted octanol–water partition coefficient (Wildman–Crippen LogP) is -0.924. The lowest BCUT2D eigenvalue weighted by Crippen LogP contribution is -2.35. The first-order valence-corrected chi connectivity index (χ1v) is 10.9. The van der Waals surface area contributed by atoms with Crippen molar-refractivity contribution in [1.29, 1.82) is 0 Å². The molecular formula is C11H18B2F2O11P2. The molecule has 2 fully saturated rings. The number of hydrogen-bond donors (Lipinski definition) is 3. The van der Waals surface area contributed by atoms with E-state index in [0.717, 1.165) is 0 Å². The fourth-order valence-electron chi connectivity index (χ4n) is 2.69. The molecule has 3 N–H and O–H groups in total. The summed E-state index contributed by atoms with van der Waals surface area (Å²) in [6.07, 6.45) is -10.3. The Hall–Kier alpha value is 0.0899. The maximum absolute atomic E-state index is 14.1. The normalized spacial score (nSPS) is 41.2. The summed E-state index contributed by atoms with van der Waals surface area (Å²) >= 11 is 0. The van der Waals surface area contributed by atoms with Gasteiger partial charge in [0.05, 0.1) is 25.2 Å². The summed E-state index contributed by atoms with van der Waals surface area (Å²) in [6.45, 7) is -1.10. The Kier molecular flexibility index (Phi) is 8.25. The number of halogens is 2. The zero-order valence-electron chi connectivity index (χ0n) is 14.4. The summed E-state index contributed by atoms with van der Waals surface area (Å²) in [5, 5.41) is 0. The number of rotatable bonds is 9. The van der Waals surface area contributed by atoms with E-state index in [1.165, 1.54) is 7.11 Å². The molecule has 2 heterocycles. The van der Waals surface area contributed by atoms with Crippen LogP contribution >= 0.6 is 15.6 Å². The van der Waals surface area contributed by atoms with E-state index in [-0.39, 0.29) is 6.61 Å². The smallest absolute Gasteiger partial charge is 0.382 e. The summed E-state index contributed by atoms with van der Waals surface area (Å²) in [5.74, 6) is 0. The Bertz CT molecular complexity index is 627. The molecule has 0 aliphatic carbocycles. The van der Waals surface area contributed by atoms with Crippen LogP contribution in [0, 0.1) is 0 Å². The Morgan fingerprint density at radius 3 is 1.86 bits per heavy atom. The lowest BCUT2D eigenvalue weighted by molar-refractivity contribution is -0.0333. The maximum atomic E-state index is 14.1. The quantitative estimate of drug-likeness (QED) is 0.297. The van der Waals surface area contributed by atoms with Gasteiger partial charge in [0.15, 0.2) is 0 Å². The second-order valence-corrected chi connectivity index (χ2v) is 8.62. The van der Waals surface area contributed by atoms with Crippen molar-refractivity contribution >= 4 is 31.3 Å². The summed E-state index contributed by atoms with van der Waals surface area (Å²) < 4.78 is 79.3. The molecule has 9 atom stereocenters. The molecule has 158 valence electrons. The van der Waals surface area contributed by atoms with E-state index in [2.05, 4.69) is 9.05 Å². The SMILES string of the molecule is [B][C@@H]1OC(COP(=O)(O)O[C@H]2C(COC)O[C@@H]([B])C2F)[C@H](OP(=O)(O)O)C1F. The Labute approximate surface area is 161 Å². The van der Waals surface area contributed by atoms with E-state index in [0.29, 0.717) is 0 Å². The average Bonchev–Trinajstić information content (AvgIpc) is 2.97. The first-order valence-electron chi connectivity index (χ1n) is 7.83. The van der Waals surface area contributed by atoms with Crippen molar-refractivity contribution in [3.8, 4) is 0 Å². The highest BCUT2D eigenvalue weighted by Gasteiger charge is 2.49. The zero-order valence-corrected chi connectivity index (χ0v) is 16.2. The average molecular weight is 448 g/mol. The highest BCUT2D eigenvalue weighted by atomic mass is 31.2. The van der Waals surface area contributed by atoms with Gasteiger partial charge < -0.3 is 28.9 Å². The number of phosphoric ester groups is 2. The number of phosphoric acid groups is 2. The van der Waals surface area contributed by atoms with Crippen LogP contribution in [0.2, 0.25) is 0 Å². The molecule has 0 aromatic carbocycles. The van der Waals surface area contributed by atoms with Crippen LogP contribution in [0.4, 0.5) is 8.78 Å². The van der Waals surface area contributed by atoms with Gasteiger partial charge in [-0.2, -0.15) is 0 Å². The van der Waals surface area contributed by atoms with Crippen molar-refractivity contribution in [1.82, 2.24) is 0 Å². The minimum absolute atomic E-state index is 0.193. The molecule has 0 saturated carbocycles. The lowest BCUT2D eigenvalue weighted by atomic mass is 9.94. The van der Waals surface area contributed by atoms with Crippen molar-refractivity contribution in [2.75, 3.05) is 20.3 Å². The molecule has 5 unspecified atom stereocenters. The summed E-state index contributed by atoms with van der Waals surface area (Å²) in [7, 11) is 1.87. The van der Waals surface area contributed by atoms with Gasteiger partial charge in [-0.05, 0) is 0 Å². The minimum atomic E-state index is -5.12. The van der Waals surface area contributed by atoms with E-state index in [1.807, 2.05) is 0 Å². The van der Waals surface area contributed by atoms with Gasteiger partial charge in [-0.3, -0.25) is 13.6 Å². The molecule has 2 saturated heterocycles. The van der Waals surface area contributed by atoms with E-state index in [9.17, 15) is 22.8 Å². The molecule has 28 heavy (non-hydrogen) atoms. The summed E-state index contributed by atoms with van der Waals surface area (Å²) in [4.78, 5) is 27.5. The van der Waals surface area contributed by atoms with Crippen molar-refractivity contribution < 1.29 is 60.4 Å². The first kappa shape index (κ1) is 24.4. The van der Waals surface area contributed by atoms with Gasteiger partial charge in [-0.15, -0.1) is 0 Å². The van der Waals surface area contributed by atoms with Crippen LogP contribution in [0.15, 0.2) is 0 Å². The van der Waals surface area contributed by atoms with Gasteiger partial charge in [-0.1, -0.05) is 0 Å². The van der Waals surface area contributed by atoms with Gasteiger partial charge in [0.1, 0.15) is 52.5 Å². The van der Waals surface area contributed by atoms with Gasteiger partial charge >= 0.3 is 15.6 Å². The number of hydrogen-bond acceptors (Lipinski definition) is 8. The van der Waals surface area contributed by atoms with Gasteiger partial charge in [0.2, 0.25) is 0 Å². The Morgan fingerprint density at radius 1 is 0.929 bits per heavy atom. The van der Waals surface area contributed by atoms with E-state index in [4.69, 9.17) is 44.2 Å². The second kappa shape index (κ2) is 9.49. The summed E-state index contributed by atoms with van der Waals surface area (Å²) in [6, 6.07) is -3.04. The molecule has 11 nitrogen and oxygen atoms in total. The molecule has 0 spiro atoms. The van der Waals surface area contributed by atoms with Crippen molar-refractivity contribution in [2.45, 2.75) is 48.8 Å². The van der Waals surface area contributed by atoms with E-state index >= 15 is 0 Å². The summed E-state index contributed by atoms with van der Waals surface area (Å²) in [5.41, 5.74) is 0. The number of ether oxygens (including phenoxy) is 3. The van der Waals surface area contributed by atoms with Crippen molar-refractivity contribution in [3.05, 3.63) is 0 Å². The van der Waals surface area contributed by atoms with Crippen LogP contribution < -0.4 is 0 Å². The van der Waals surface area contributed by atoms with Crippen LogP contribution in [-0.4, -0.2) is 99.5 Å². The zero-order chi connectivity index (χ0) is 21.3. The van der Waals surface area contributed by atoms with Crippen LogP contribution in [0.25, 0.3) is 0 Å². The van der Waals surface area contributed by atoms with Crippen molar-refractivity contribution in [2.24, 2.45) is 0 Å². The van der Waals surface area contributed by atoms with Crippen LogP contribution in [-0.2, 0) is 36.9 Å². The maximum Gasteiger partial charge on any atom is 0.472 e.